The number of carbonyl (C=O) groups is 1. The predicted octanol–water partition coefficient (Wildman–Crippen LogP) is 2.08. The Morgan fingerprint density at radius 2 is 2.26 bits per heavy atom. The normalized spacial score (nSPS) is 19.6. The summed E-state index contributed by atoms with van der Waals surface area (Å²) in [5.74, 6) is 0.198. The molecule has 1 amide bonds. The molecule has 5 heteroatoms. The summed E-state index contributed by atoms with van der Waals surface area (Å²) in [4.78, 5) is 16.1. The highest BCUT2D eigenvalue weighted by Gasteiger charge is 2.31. The highest BCUT2D eigenvalue weighted by Crippen LogP contribution is 2.26. The summed E-state index contributed by atoms with van der Waals surface area (Å²) in [6.45, 7) is 1.76. The van der Waals surface area contributed by atoms with Crippen molar-refractivity contribution in [3.05, 3.63) is 28.2 Å². The lowest BCUT2D eigenvalue weighted by atomic mass is 10.1. The monoisotopic (exact) mass is 325 g/mol. The van der Waals surface area contributed by atoms with Crippen LogP contribution in [0, 0.1) is 0 Å². The molecule has 0 bridgehead atoms. The first-order valence-corrected chi connectivity index (χ1v) is 7.27. The SMILES string of the molecule is CN(C)C(=O)C1CCCN1Cc1ccc(N)cc1Br. The zero-order chi connectivity index (χ0) is 14.0. The molecule has 1 heterocycles. The molecule has 1 aromatic carbocycles. The van der Waals surface area contributed by atoms with Crippen LogP contribution in [0.1, 0.15) is 18.4 Å². The second-order valence-corrected chi connectivity index (χ2v) is 6.07. The van der Waals surface area contributed by atoms with Gasteiger partial charge in [0.2, 0.25) is 5.91 Å². The van der Waals surface area contributed by atoms with E-state index in [1.54, 1.807) is 4.90 Å². The fourth-order valence-electron chi connectivity index (χ4n) is 2.50. The average molecular weight is 326 g/mol. The highest BCUT2D eigenvalue weighted by molar-refractivity contribution is 9.10. The van der Waals surface area contributed by atoms with Crippen molar-refractivity contribution in [3.8, 4) is 0 Å². The van der Waals surface area contributed by atoms with Gasteiger partial charge in [-0.2, -0.15) is 0 Å². The number of benzene rings is 1. The molecule has 0 aromatic heterocycles. The van der Waals surface area contributed by atoms with E-state index < -0.39 is 0 Å². The van der Waals surface area contributed by atoms with Crippen molar-refractivity contribution in [2.45, 2.75) is 25.4 Å². The fourth-order valence-corrected chi connectivity index (χ4v) is 3.03. The summed E-state index contributed by atoms with van der Waals surface area (Å²) in [6, 6.07) is 5.85. The van der Waals surface area contributed by atoms with Gasteiger partial charge in [-0.05, 0) is 37.1 Å². The lowest BCUT2D eigenvalue weighted by Crippen LogP contribution is -2.42. The van der Waals surface area contributed by atoms with Crippen molar-refractivity contribution < 1.29 is 4.79 Å². The molecule has 1 aliphatic heterocycles. The van der Waals surface area contributed by atoms with Gasteiger partial charge in [0.15, 0.2) is 0 Å². The molecule has 4 nitrogen and oxygen atoms in total. The van der Waals surface area contributed by atoms with Crippen molar-refractivity contribution in [1.82, 2.24) is 9.80 Å². The maximum absolute atomic E-state index is 12.1. The minimum absolute atomic E-state index is 0.0134. The Morgan fingerprint density at radius 1 is 1.53 bits per heavy atom. The highest BCUT2D eigenvalue weighted by atomic mass is 79.9. The number of nitrogens with two attached hydrogens (primary N) is 1. The third kappa shape index (κ3) is 3.28. The predicted molar refractivity (Wildman–Crippen MR) is 80.7 cm³/mol. The van der Waals surface area contributed by atoms with Crippen LogP contribution in [0.2, 0.25) is 0 Å². The molecule has 0 spiro atoms. The lowest BCUT2D eigenvalue weighted by Gasteiger charge is -2.26. The van der Waals surface area contributed by atoms with Crippen LogP contribution >= 0.6 is 15.9 Å². The molecular weight excluding hydrogens is 306 g/mol. The van der Waals surface area contributed by atoms with Crippen LogP contribution in [0.5, 0.6) is 0 Å². The van der Waals surface area contributed by atoms with Gasteiger partial charge in [-0.25, -0.2) is 0 Å². The number of anilines is 1. The largest absolute Gasteiger partial charge is 0.399 e. The molecule has 2 rings (SSSR count). The Labute approximate surface area is 122 Å². The van der Waals surface area contributed by atoms with E-state index in [4.69, 9.17) is 5.73 Å². The van der Waals surface area contributed by atoms with Gasteiger partial charge in [0.25, 0.3) is 0 Å². The van der Waals surface area contributed by atoms with Gasteiger partial charge in [0, 0.05) is 30.8 Å². The Morgan fingerprint density at radius 3 is 2.89 bits per heavy atom. The van der Waals surface area contributed by atoms with Crippen LogP contribution in [-0.4, -0.2) is 42.4 Å². The Kier molecular flexibility index (Phi) is 4.47. The number of hydrogen-bond acceptors (Lipinski definition) is 3. The number of nitrogens with zero attached hydrogens (tertiary/aromatic N) is 2. The maximum Gasteiger partial charge on any atom is 0.239 e. The second-order valence-electron chi connectivity index (χ2n) is 5.21. The summed E-state index contributed by atoms with van der Waals surface area (Å²) < 4.78 is 1.01. The van der Waals surface area contributed by atoms with Crippen LogP contribution < -0.4 is 5.73 Å². The third-order valence-electron chi connectivity index (χ3n) is 3.54. The summed E-state index contributed by atoms with van der Waals surface area (Å²) in [5, 5.41) is 0. The fraction of sp³-hybridized carbons (Fsp3) is 0.500. The smallest absolute Gasteiger partial charge is 0.239 e. The number of likely N-dealkylation sites (N-methyl/N-ethyl adjacent to an activating group) is 1. The Hall–Kier alpha value is -1.07. The summed E-state index contributed by atoms with van der Waals surface area (Å²) >= 11 is 3.54. The van der Waals surface area contributed by atoms with Crippen molar-refractivity contribution in [3.63, 3.8) is 0 Å². The van der Waals surface area contributed by atoms with E-state index in [2.05, 4.69) is 20.8 Å². The van der Waals surface area contributed by atoms with Crippen LogP contribution in [0.15, 0.2) is 22.7 Å². The van der Waals surface area contributed by atoms with Gasteiger partial charge in [0.1, 0.15) is 0 Å². The molecule has 1 aromatic rings. The Balaban J connectivity index is 2.11. The first-order valence-electron chi connectivity index (χ1n) is 6.48. The quantitative estimate of drug-likeness (QED) is 0.866. The van der Waals surface area contributed by atoms with Crippen molar-refractivity contribution in [1.29, 1.82) is 0 Å². The van der Waals surface area contributed by atoms with Crippen molar-refractivity contribution in [2.24, 2.45) is 0 Å². The lowest BCUT2D eigenvalue weighted by molar-refractivity contribution is -0.133. The van der Waals surface area contributed by atoms with E-state index >= 15 is 0 Å². The third-order valence-corrected chi connectivity index (χ3v) is 4.28. The van der Waals surface area contributed by atoms with Gasteiger partial charge in [-0.15, -0.1) is 0 Å². The zero-order valence-corrected chi connectivity index (χ0v) is 13.0. The number of nitrogen functional groups attached to an aromatic ring is 1. The molecule has 1 atom stereocenters. The van der Waals surface area contributed by atoms with E-state index in [-0.39, 0.29) is 11.9 Å². The standard InChI is InChI=1S/C14H20BrN3O/c1-17(2)14(19)13-4-3-7-18(13)9-10-5-6-11(16)8-12(10)15/h5-6,8,13H,3-4,7,9,16H2,1-2H3. The minimum atomic E-state index is 0.0134. The van der Waals surface area contributed by atoms with Crippen LogP contribution in [-0.2, 0) is 11.3 Å². The molecule has 1 saturated heterocycles. The molecule has 1 unspecified atom stereocenters. The number of likely N-dealkylation sites (tertiary alicyclic amines) is 1. The van der Waals surface area contributed by atoms with Gasteiger partial charge in [-0.3, -0.25) is 9.69 Å². The zero-order valence-electron chi connectivity index (χ0n) is 11.4. The number of amides is 1. The van der Waals surface area contributed by atoms with Crippen LogP contribution in [0.4, 0.5) is 5.69 Å². The van der Waals surface area contributed by atoms with Crippen LogP contribution in [0.25, 0.3) is 0 Å². The second kappa shape index (κ2) is 5.92. The number of rotatable bonds is 3. The average Bonchev–Trinajstić information content (AvgIpc) is 2.79. The van der Waals surface area contributed by atoms with E-state index in [0.29, 0.717) is 0 Å². The summed E-state index contributed by atoms with van der Waals surface area (Å²) in [5.41, 5.74) is 7.67. The molecular formula is C14H20BrN3O. The van der Waals surface area contributed by atoms with Gasteiger partial charge < -0.3 is 10.6 Å². The van der Waals surface area contributed by atoms with E-state index in [1.807, 2.05) is 32.3 Å². The first-order chi connectivity index (χ1) is 8.99. The number of halogens is 1. The van der Waals surface area contributed by atoms with Gasteiger partial charge in [-0.1, -0.05) is 22.0 Å². The van der Waals surface area contributed by atoms with E-state index in [1.165, 1.54) is 5.56 Å². The first kappa shape index (κ1) is 14.3. The molecule has 19 heavy (non-hydrogen) atoms. The number of hydrogen-bond donors (Lipinski definition) is 1. The molecule has 1 aliphatic rings. The van der Waals surface area contributed by atoms with E-state index in [0.717, 1.165) is 36.1 Å². The minimum Gasteiger partial charge on any atom is -0.399 e. The molecule has 104 valence electrons. The van der Waals surface area contributed by atoms with E-state index in [9.17, 15) is 4.79 Å². The molecule has 0 aliphatic carbocycles. The maximum atomic E-state index is 12.1. The number of carbonyl (C=O) groups excluding carboxylic acids is 1. The molecule has 0 radical (unpaired) electrons. The topological polar surface area (TPSA) is 49.6 Å². The summed E-state index contributed by atoms with van der Waals surface area (Å²) in [6.07, 6.45) is 2.03. The van der Waals surface area contributed by atoms with Crippen molar-refractivity contribution in [2.75, 3.05) is 26.4 Å². The molecule has 1 fully saturated rings. The van der Waals surface area contributed by atoms with Gasteiger partial charge in [0.05, 0.1) is 6.04 Å². The van der Waals surface area contributed by atoms with Gasteiger partial charge >= 0.3 is 0 Å². The summed E-state index contributed by atoms with van der Waals surface area (Å²) in [7, 11) is 3.63. The van der Waals surface area contributed by atoms with Crippen molar-refractivity contribution >= 4 is 27.5 Å². The molecule has 2 N–H and O–H groups in total. The Bertz CT molecular complexity index is 476. The molecule has 0 saturated carbocycles. The van der Waals surface area contributed by atoms with Crippen LogP contribution in [0.3, 0.4) is 0 Å².